The summed E-state index contributed by atoms with van der Waals surface area (Å²) in [6, 6.07) is 15.4. The molecule has 0 saturated carbocycles. The van der Waals surface area contributed by atoms with E-state index in [1.54, 1.807) is 24.1 Å². The van der Waals surface area contributed by atoms with Crippen LogP contribution in [0.5, 0.6) is 5.75 Å². The van der Waals surface area contributed by atoms with Crippen LogP contribution in [0.4, 0.5) is 0 Å². The zero-order valence-electron chi connectivity index (χ0n) is 15.7. The first kappa shape index (κ1) is 20.9. The molecule has 0 aliphatic carbocycles. The minimum absolute atomic E-state index is 0.101. The Kier molecular flexibility index (Phi) is 7.38. The minimum atomic E-state index is -3.21. The molecule has 7 heteroatoms. The van der Waals surface area contributed by atoms with Crippen LogP contribution in [0.15, 0.2) is 59.5 Å². The van der Waals surface area contributed by atoms with Crippen LogP contribution in [0.3, 0.4) is 0 Å². The van der Waals surface area contributed by atoms with Crippen molar-refractivity contribution in [2.75, 3.05) is 26.5 Å². The van der Waals surface area contributed by atoms with Gasteiger partial charge in [-0.25, -0.2) is 8.42 Å². The van der Waals surface area contributed by atoms with Crippen molar-refractivity contribution in [3.05, 3.63) is 60.2 Å². The number of rotatable bonds is 9. The molecule has 0 aliphatic heterocycles. The third kappa shape index (κ3) is 6.69. The van der Waals surface area contributed by atoms with Gasteiger partial charge in [0.15, 0.2) is 9.84 Å². The second-order valence-corrected chi connectivity index (χ2v) is 8.52. The van der Waals surface area contributed by atoms with Gasteiger partial charge < -0.3 is 15.4 Å². The maximum absolute atomic E-state index is 12.3. The molecule has 0 fully saturated rings. The van der Waals surface area contributed by atoms with E-state index < -0.39 is 15.9 Å². The standard InChI is InChI=1S/C20H26N2O4S/c1-22(20(23)19(21)15-16-7-4-3-5-8-16)13-6-14-26-17-9-11-18(12-10-17)27(2,24)25/h3-5,7-12,19H,6,13-15,21H2,1-2H3/t19-/m0/s1. The molecule has 0 aliphatic rings. The lowest BCUT2D eigenvalue weighted by molar-refractivity contribution is -0.131. The second-order valence-electron chi connectivity index (χ2n) is 6.50. The Morgan fingerprint density at radius 1 is 1.11 bits per heavy atom. The normalized spacial score (nSPS) is 12.4. The third-order valence-electron chi connectivity index (χ3n) is 4.15. The van der Waals surface area contributed by atoms with E-state index >= 15 is 0 Å². The summed E-state index contributed by atoms with van der Waals surface area (Å²) in [7, 11) is -1.48. The van der Waals surface area contributed by atoms with Crippen LogP contribution in [-0.2, 0) is 21.1 Å². The van der Waals surface area contributed by atoms with Gasteiger partial charge in [-0.2, -0.15) is 0 Å². The molecule has 0 heterocycles. The van der Waals surface area contributed by atoms with Crippen molar-refractivity contribution >= 4 is 15.7 Å². The van der Waals surface area contributed by atoms with E-state index in [4.69, 9.17) is 10.5 Å². The van der Waals surface area contributed by atoms with Crippen molar-refractivity contribution in [3.8, 4) is 5.75 Å². The van der Waals surface area contributed by atoms with Crippen molar-refractivity contribution in [2.24, 2.45) is 5.73 Å². The summed E-state index contributed by atoms with van der Waals surface area (Å²) in [4.78, 5) is 14.2. The number of hydrogen-bond donors (Lipinski definition) is 1. The van der Waals surface area contributed by atoms with Gasteiger partial charge in [0.05, 0.1) is 17.5 Å². The topological polar surface area (TPSA) is 89.7 Å². The molecule has 1 amide bonds. The monoisotopic (exact) mass is 390 g/mol. The number of likely N-dealkylation sites (N-methyl/N-ethyl adjacent to an activating group) is 1. The number of benzene rings is 2. The van der Waals surface area contributed by atoms with Crippen molar-refractivity contribution in [1.29, 1.82) is 0 Å². The van der Waals surface area contributed by atoms with Crippen molar-refractivity contribution in [1.82, 2.24) is 4.90 Å². The van der Waals surface area contributed by atoms with E-state index in [0.29, 0.717) is 31.7 Å². The quantitative estimate of drug-likeness (QED) is 0.661. The minimum Gasteiger partial charge on any atom is -0.494 e. The molecule has 2 aromatic carbocycles. The smallest absolute Gasteiger partial charge is 0.239 e. The Balaban J connectivity index is 1.73. The highest BCUT2D eigenvalue weighted by Crippen LogP contribution is 2.16. The van der Waals surface area contributed by atoms with Gasteiger partial charge in [0.1, 0.15) is 5.75 Å². The van der Waals surface area contributed by atoms with Gasteiger partial charge in [-0.3, -0.25) is 4.79 Å². The summed E-state index contributed by atoms with van der Waals surface area (Å²) >= 11 is 0. The van der Waals surface area contributed by atoms with Gasteiger partial charge in [0.25, 0.3) is 0 Å². The summed E-state index contributed by atoms with van der Waals surface area (Å²) in [5.41, 5.74) is 7.06. The van der Waals surface area contributed by atoms with E-state index in [-0.39, 0.29) is 10.8 Å². The molecular weight excluding hydrogens is 364 g/mol. The van der Waals surface area contributed by atoms with E-state index in [0.717, 1.165) is 11.8 Å². The Morgan fingerprint density at radius 2 is 1.74 bits per heavy atom. The van der Waals surface area contributed by atoms with Crippen molar-refractivity contribution in [3.63, 3.8) is 0 Å². The van der Waals surface area contributed by atoms with E-state index in [9.17, 15) is 13.2 Å². The SMILES string of the molecule is CN(CCCOc1ccc(S(C)(=O)=O)cc1)C(=O)[C@@H](N)Cc1ccccc1. The molecule has 2 N–H and O–H groups in total. The molecule has 0 unspecified atom stereocenters. The molecule has 0 aromatic heterocycles. The molecule has 146 valence electrons. The molecule has 0 radical (unpaired) electrons. The molecule has 27 heavy (non-hydrogen) atoms. The predicted octanol–water partition coefficient (Wildman–Crippen LogP) is 1.89. The first-order valence-corrected chi connectivity index (χ1v) is 10.6. The van der Waals surface area contributed by atoms with Crippen LogP contribution in [0, 0.1) is 0 Å². The highest BCUT2D eigenvalue weighted by atomic mass is 32.2. The first-order valence-electron chi connectivity index (χ1n) is 8.75. The summed E-state index contributed by atoms with van der Waals surface area (Å²) < 4.78 is 28.4. The van der Waals surface area contributed by atoms with Gasteiger partial charge in [0, 0.05) is 19.8 Å². The number of sulfone groups is 1. The fourth-order valence-electron chi connectivity index (χ4n) is 2.62. The van der Waals surface area contributed by atoms with Gasteiger partial charge in [-0.15, -0.1) is 0 Å². The van der Waals surface area contributed by atoms with Crippen LogP contribution < -0.4 is 10.5 Å². The molecule has 0 saturated heterocycles. The molecule has 2 aromatic rings. The van der Waals surface area contributed by atoms with Crippen LogP contribution in [-0.4, -0.2) is 51.7 Å². The fourth-order valence-corrected chi connectivity index (χ4v) is 3.25. The number of nitrogens with zero attached hydrogens (tertiary/aromatic N) is 1. The van der Waals surface area contributed by atoms with Crippen LogP contribution in [0.1, 0.15) is 12.0 Å². The lowest BCUT2D eigenvalue weighted by Gasteiger charge is -2.21. The summed E-state index contributed by atoms with van der Waals surface area (Å²) in [6.45, 7) is 0.951. The Morgan fingerprint density at radius 3 is 2.33 bits per heavy atom. The lowest BCUT2D eigenvalue weighted by atomic mass is 10.1. The molecular formula is C20H26N2O4S. The Bertz CT molecular complexity index is 836. The number of nitrogens with two attached hydrogens (primary N) is 1. The van der Waals surface area contributed by atoms with Gasteiger partial charge >= 0.3 is 0 Å². The van der Waals surface area contributed by atoms with E-state index in [2.05, 4.69) is 0 Å². The van der Waals surface area contributed by atoms with Gasteiger partial charge in [-0.1, -0.05) is 30.3 Å². The second kappa shape index (κ2) is 9.53. The van der Waals surface area contributed by atoms with Crippen molar-refractivity contribution in [2.45, 2.75) is 23.8 Å². The average Bonchev–Trinajstić information content (AvgIpc) is 2.65. The summed E-state index contributed by atoms with van der Waals surface area (Å²) in [6.07, 6.45) is 2.32. The van der Waals surface area contributed by atoms with Crippen molar-refractivity contribution < 1.29 is 17.9 Å². The zero-order chi connectivity index (χ0) is 19.9. The van der Waals surface area contributed by atoms with Crippen LogP contribution in [0.25, 0.3) is 0 Å². The third-order valence-corrected chi connectivity index (χ3v) is 5.28. The van der Waals surface area contributed by atoms with Gasteiger partial charge in [0.2, 0.25) is 5.91 Å². The summed E-state index contributed by atoms with van der Waals surface area (Å²) in [5.74, 6) is 0.494. The Hall–Kier alpha value is -2.38. The summed E-state index contributed by atoms with van der Waals surface area (Å²) in [5, 5.41) is 0. The maximum Gasteiger partial charge on any atom is 0.239 e. The van der Waals surface area contributed by atoms with Crippen LogP contribution in [0.2, 0.25) is 0 Å². The number of carbonyl (C=O) groups excluding carboxylic acids is 1. The van der Waals surface area contributed by atoms with Crippen LogP contribution >= 0.6 is 0 Å². The number of hydrogen-bond acceptors (Lipinski definition) is 5. The number of amides is 1. The number of ether oxygens (including phenoxy) is 1. The largest absolute Gasteiger partial charge is 0.494 e. The fraction of sp³-hybridized carbons (Fsp3) is 0.350. The highest BCUT2D eigenvalue weighted by molar-refractivity contribution is 7.90. The zero-order valence-corrected chi connectivity index (χ0v) is 16.5. The van der Waals surface area contributed by atoms with Gasteiger partial charge in [-0.05, 0) is 42.7 Å². The van der Waals surface area contributed by atoms with E-state index in [1.165, 1.54) is 12.1 Å². The molecule has 0 bridgehead atoms. The highest BCUT2D eigenvalue weighted by Gasteiger charge is 2.18. The Labute approximate surface area is 160 Å². The lowest BCUT2D eigenvalue weighted by Crippen LogP contribution is -2.43. The first-order chi connectivity index (χ1) is 12.8. The molecule has 1 atom stereocenters. The number of carbonyl (C=O) groups is 1. The molecule has 0 spiro atoms. The predicted molar refractivity (Wildman–Crippen MR) is 105 cm³/mol. The maximum atomic E-state index is 12.3. The molecule has 2 rings (SSSR count). The van der Waals surface area contributed by atoms with E-state index in [1.807, 2.05) is 30.3 Å². The average molecular weight is 391 g/mol. The molecule has 6 nitrogen and oxygen atoms in total.